The number of fused-ring (bicyclic) bond motifs is 1. The summed E-state index contributed by atoms with van der Waals surface area (Å²) in [7, 11) is 0. The summed E-state index contributed by atoms with van der Waals surface area (Å²) in [5.41, 5.74) is 6.77. The van der Waals surface area contributed by atoms with Gasteiger partial charge >= 0.3 is 0 Å². The van der Waals surface area contributed by atoms with Crippen LogP contribution < -0.4 is 5.73 Å². The van der Waals surface area contributed by atoms with Gasteiger partial charge in [-0.15, -0.1) is 0 Å². The van der Waals surface area contributed by atoms with Gasteiger partial charge in [-0.05, 0) is 13.0 Å². The largest absolute Gasteiger partial charge is 0.366 e. The lowest BCUT2D eigenvalue weighted by Crippen LogP contribution is -2.11. The van der Waals surface area contributed by atoms with Gasteiger partial charge in [0.15, 0.2) is 17.3 Å². The van der Waals surface area contributed by atoms with E-state index in [2.05, 4.69) is 15.0 Å². The Hall–Kier alpha value is -2.83. The molecule has 6 nitrogen and oxygen atoms in total. The molecule has 0 aromatic carbocycles. The summed E-state index contributed by atoms with van der Waals surface area (Å²) in [6.07, 6.45) is 6.01. The second-order valence-electron chi connectivity index (χ2n) is 4.35. The molecule has 7 heteroatoms. The van der Waals surface area contributed by atoms with E-state index in [0.717, 1.165) is 0 Å². The number of rotatable bonds is 2. The third-order valence-corrected chi connectivity index (χ3v) is 2.82. The number of nitrogens with two attached hydrogens (primary N) is 1. The van der Waals surface area contributed by atoms with Crippen LogP contribution in [0.4, 0.5) is 4.39 Å². The molecule has 0 aliphatic carbocycles. The summed E-state index contributed by atoms with van der Waals surface area (Å²) >= 11 is 0. The minimum absolute atomic E-state index is 0.203. The maximum absolute atomic E-state index is 13.9. The van der Waals surface area contributed by atoms with Crippen LogP contribution in [0.15, 0.2) is 30.9 Å². The third kappa shape index (κ3) is 1.99. The van der Waals surface area contributed by atoms with Crippen LogP contribution in [-0.4, -0.2) is 25.3 Å². The van der Waals surface area contributed by atoms with Gasteiger partial charge in [-0.2, -0.15) is 0 Å². The molecule has 0 atom stereocenters. The first-order valence-corrected chi connectivity index (χ1v) is 5.81. The van der Waals surface area contributed by atoms with Gasteiger partial charge in [0.05, 0.1) is 11.3 Å². The second kappa shape index (κ2) is 4.37. The monoisotopic (exact) mass is 271 g/mol. The highest BCUT2D eigenvalue weighted by Gasteiger charge is 2.10. The van der Waals surface area contributed by atoms with E-state index in [9.17, 15) is 9.18 Å². The molecule has 3 rings (SSSR count). The van der Waals surface area contributed by atoms with Crippen LogP contribution in [0, 0.1) is 12.7 Å². The number of halogens is 1. The fraction of sp³-hybridized carbons (Fsp3) is 0.0769. The van der Waals surface area contributed by atoms with Crippen LogP contribution in [0.5, 0.6) is 0 Å². The van der Waals surface area contributed by atoms with Gasteiger partial charge in [0, 0.05) is 30.4 Å². The molecule has 3 heterocycles. The summed E-state index contributed by atoms with van der Waals surface area (Å²) < 4.78 is 15.5. The predicted molar refractivity (Wildman–Crippen MR) is 69.4 cm³/mol. The molecular formula is C13H10FN5O. The maximum atomic E-state index is 13.9. The number of aromatic nitrogens is 4. The Balaban J connectivity index is 2.11. The van der Waals surface area contributed by atoms with Gasteiger partial charge in [0.1, 0.15) is 0 Å². The number of imidazole rings is 1. The zero-order chi connectivity index (χ0) is 14.3. The predicted octanol–water partition coefficient (Wildman–Crippen LogP) is 1.34. The molecule has 0 unspecified atom stereocenters. The highest BCUT2D eigenvalue weighted by molar-refractivity contribution is 5.92. The van der Waals surface area contributed by atoms with Crippen LogP contribution >= 0.6 is 0 Å². The number of carbonyl (C=O) groups excluding carboxylic acids is 1. The fourth-order valence-corrected chi connectivity index (χ4v) is 1.91. The van der Waals surface area contributed by atoms with E-state index in [1.807, 2.05) is 0 Å². The summed E-state index contributed by atoms with van der Waals surface area (Å²) in [4.78, 5) is 23.0. The zero-order valence-corrected chi connectivity index (χ0v) is 10.5. The molecule has 0 saturated carbocycles. The normalized spacial score (nSPS) is 10.9. The van der Waals surface area contributed by atoms with Crippen LogP contribution in [0.25, 0.3) is 17.0 Å². The summed E-state index contributed by atoms with van der Waals surface area (Å²) in [5, 5.41) is 0. The summed E-state index contributed by atoms with van der Waals surface area (Å²) in [6, 6.07) is 1.31. The van der Waals surface area contributed by atoms with Crippen molar-refractivity contribution in [3.05, 3.63) is 47.9 Å². The molecule has 0 aliphatic heterocycles. The quantitative estimate of drug-likeness (QED) is 0.762. The lowest BCUT2D eigenvalue weighted by molar-refractivity contribution is 0.0999. The van der Waals surface area contributed by atoms with E-state index in [-0.39, 0.29) is 11.2 Å². The molecule has 100 valence electrons. The Morgan fingerprint density at radius 2 is 2.00 bits per heavy atom. The van der Waals surface area contributed by atoms with E-state index in [0.29, 0.717) is 17.1 Å². The third-order valence-electron chi connectivity index (χ3n) is 2.82. The van der Waals surface area contributed by atoms with E-state index in [1.165, 1.54) is 18.5 Å². The van der Waals surface area contributed by atoms with E-state index in [4.69, 9.17) is 5.73 Å². The molecule has 0 bridgehead atoms. The molecule has 0 fully saturated rings. The number of hydrogen-bond donors (Lipinski definition) is 1. The van der Waals surface area contributed by atoms with Crippen molar-refractivity contribution < 1.29 is 9.18 Å². The summed E-state index contributed by atoms with van der Waals surface area (Å²) in [6.45, 7) is 1.78. The Morgan fingerprint density at radius 1 is 1.30 bits per heavy atom. The van der Waals surface area contributed by atoms with Crippen LogP contribution in [0.2, 0.25) is 0 Å². The average molecular weight is 271 g/mol. The van der Waals surface area contributed by atoms with Crippen molar-refractivity contribution in [2.45, 2.75) is 6.92 Å². The molecule has 0 aliphatic rings. The first kappa shape index (κ1) is 12.2. The minimum Gasteiger partial charge on any atom is -0.366 e. The van der Waals surface area contributed by atoms with Crippen molar-refractivity contribution in [1.82, 2.24) is 19.4 Å². The van der Waals surface area contributed by atoms with Crippen molar-refractivity contribution >= 4 is 11.6 Å². The number of pyridine rings is 1. The first-order chi connectivity index (χ1) is 9.54. The molecule has 0 saturated heterocycles. The van der Waals surface area contributed by atoms with Crippen molar-refractivity contribution in [2.75, 3.05) is 0 Å². The van der Waals surface area contributed by atoms with Gasteiger partial charge in [-0.1, -0.05) is 0 Å². The van der Waals surface area contributed by atoms with Gasteiger partial charge in [0.2, 0.25) is 0 Å². The lowest BCUT2D eigenvalue weighted by Gasteiger charge is -2.03. The van der Waals surface area contributed by atoms with Gasteiger partial charge in [-0.25, -0.2) is 19.3 Å². The van der Waals surface area contributed by atoms with Crippen molar-refractivity contribution in [3.8, 4) is 11.4 Å². The maximum Gasteiger partial charge on any atom is 0.251 e. The number of carbonyl (C=O) groups is 1. The highest BCUT2D eigenvalue weighted by atomic mass is 19.1. The number of aryl methyl sites for hydroxylation is 1. The number of nitrogens with zero attached hydrogens (tertiary/aromatic N) is 4. The van der Waals surface area contributed by atoms with Crippen LogP contribution in [0.1, 0.15) is 16.1 Å². The second-order valence-corrected chi connectivity index (χ2v) is 4.35. The topological polar surface area (TPSA) is 86.2 Å². The molecule has 3 aromatic rings. The Kier molecular flexibility index (Phi) is 2.67. The molecule has 0 radical (unpaired) electrons. The number of primary amides is 1. The zero-order valence-electron chi connectivity index (χ0n) is 10.5. The standard InChI is InChI=1S/C13H10FN5O/c1-7-5-19-6-8(2-10(14)13(19)18-7)12-16-3-9(4-17-12)11(15)20/h2-6H,1H3,(H2,15,20). The van der Waals surface area contributed by atoms with Crippen LogP contribution in [-0.2, 0) is 0 Å². The minimum atomic E-state index is -0.608. The molecule has 1 amide bonds. The average Bonchev–Trinajstić information content (AvgIpc) is 2.80. The molecule has 20 heavy (non-hydrogen) atoms. The van der Waals surface area contributed by atoms with E-state index >= 15 is 0 Å². The Morgan fingerprint density at radius 3 is 2.65 bits per heavy atom. The SMILES string of the molecule is Cc1cn2cc(-c3ncc(C(N)=O)cn3)cc(F)c2n1. The Labute approximate surface area is 113 Å². The van der Waals surface area contributed by atoms with Gasteiger partial charge in [0.25, 0.3) is 5.91 Å². The van der Waals surface area contributed by atoms with Crippen molar-refractivity contribution in [3.63, 3.8) is 0 Å². The fourth-order valence-electron chi connectivity index (χ4n) is 1.91. The molecule has 2 N–H and O–H groups in total. The lowest BCUT2D eigenvalue weighted by atomic mass is 10.2. The van der Waals surface area contributed by atoms with Crippen LogP contribution in [0.3, 0.4) is 0 Å². The van der Waals surface area contributed by atoms with Crippen molar-refractivity contribution in [1.29, 1.82) is 0 Å². The van der Waals surface area contributed by atoms with E-state index < -0.39 is 11.7 Å². The molecule has 3 aromatic heterocycles. The van der Waals surface area contributed by atoms with E-state index in [1.54, 1.807) is 23.7 Å². The Bertz CT molecular complexity index is 809. The first-order valence-electron chi connectivity index (χ1n) is 5.81. The van der Waals surface area contributed by atoms with Gasteiger partial charge in [-0.3, -0.25) is 4.79 Å². The summed E-state index contributed by atoms with van der Waals surface area (Å²) in [5.74, 6) is -0.760. The number of amides is 1. The molecular weight excluding hydrogens is 261 g/mol. The number of hydrogen-bond acceptors (Lipinski definition) is 4. The van der Waals surface area contributed by atoms with Gasteiger partial charge < -0.3 is 10.1 Å². The molecule has 0 spiro atoms. The van der Waals surface area contributed by atoms with Crippen molar-refractivity contribution in [2.24, 2.45) is 5.73 Å². The smallest absolute Gasteiger partial charge is 0.251 e. The highest BCUT2D eigenvalue weighted by Crippen LogP contribution is 2.19.